The van der Waals surface area contributed by atoms with Crippen LogP contribution in [0.4, 0.5) is 10.5 Å². The van der Waals surface area contributed by atoms with Crippen molar-refractivity contribution in [3.05, 3.63) is 48.4 Å². The Labute approximate surface area is 141 Å². The molecule has 24 heavy (non-hydrogen) atoms. The molecule has 0 saturated carbocycles. The molecule has 0 bridgehead atoms. The lowest BCUT2D eigenvalue weighted by atomic mass is 10.1. The minimum atomic E-state index is -0.649. The summed E-state index contributed by atoms with van der Waals surface area (Å²) >= 11 is 0. The van der Waals surface area contributed by atoms with Crippen molar-refractivity contribution in [2.45, 2.75) is 32.3 Å². The Bertz CT molecular complexity index is 596. The first kappa shape index (κ1) is 17.9. The molecule has 0 fully saturated rings. The van der Waals surface area contributed by atoms with Crippen LogP contribution in [0.5, 0.6) is 5.75 Å². The molecule has 0 saturated heterocycles. The number of rotatable bonds is 9. The van der Waals surface area contributed by atoms with E-state index in [1.165, 1.54) is 12.5 Å². The third-order valence-corrected chi connectivity index (χ3v) is 3.51. The first-order chi connectivity index (χ1) is 11.7. The van der Waals surface area contributed by atoms with E-state index in [-0.39, 0.29) is 6.03 Å². The molecule has 2 rings (SSSR count). The van der Waals surface area contributed by atoms with Crippen molar-refractivity contribution in [3.63, 3.8) is 0 Å². The summed E-state index contributed by atoms with van der Waals surface area (Å²) in [5.41, 5.74) is 1.39. The number of aliphatic hydroxyl groups excluding tert-OH is 1. The molecule has 1 heterocycles. The van der Waals surface area contributed by atoms with E-state index in [1.807, 2.05) is 12.1 Å². The minimum Gasteiger partial charge on any atom is -0.494 e. The zero-order chi connectivity index (χ0) is 17.2. The molecular formula is C18H24N2O4. The number of hydrogen-bond donors (Lipinski definition) is 3. The molecule has 2 aromatic rings. The molecule has 0 aliphatic rings. The van der Waals surface area contributed by atoms with Crippen LogP contribution < -0.4 is 15.4 Å². The Morgan fingerprint density at radius 2 is 2.08 bits per heavy atom. The van der Waals surface area contributed by atoms with E-state index >= 15 is 0 Å². The predicted molar refractivity (Wildman–Crippen MR) is 92.2 cm³/mol. The maximum atomic E-state index is 11.8. The van der Waals surface area contributed by atoms with E-state index in [0.717, 1.165) is 18.6 Å². The monoisotopic (exact) mass is 332 g/mol. The Morgan fingerprint density at radius 1 is 1.29 bits per heavy atom. The normalized spacial score (nSPS) is 11.8. The summed E-state index contributed by atoms with van der Waals surface area (Å²) in [6.07, 6.45) is 4.88. The van der Waals surface area contributed by atoms with Gasteiger partial charge in [-0.1, -0.05) is 13.3 Å². The molecule has 6 nitrogen and oxygen atoms in total. The number of amides is 2. The fourth-order valence-electron chi connectivity index (χ4n) is 2.10. The lowest BCUT2D eigenvalue weighted by Gasteiger charge is -2.11. The molecule has 0 aliphatic heterocycles. The molecule has 0 aliphatic carbocycles. The van der Waals surface area contributed by atoms with Crippen LogP contribution in [0, 0.1) is 0 Å². The molecule has 2 amide bonds. The summed E-state index contributed by atoms with van der Waals surface area (Å²) in [6.45, 7) is 3.17. The number of unbranched alkanes of at least 4 members (excludes halogenated alkanes) is 1. The Kier molecular flexibility index (Phi) is 7.17. The van der Waals surface area contributed by atoms with Gasteiger partial charge in [0.2, 0.25) is 0 Å². The zero-order valence-corrected chi connectivity index (χ0v) is 13.8. The molecule has 3 N–H and O–H groups in total. The Balaban J connectivity index is 1.68. The van der Waals surface area contributed by atoms with Gasteiger partial charge in [0, 0.05) is 17.8 Å². The topological polar surface area (TPSA) is 83.7 Å². The van der Waals surface area contributed by atoms with Gasteiger partial charge in [-0.3, -0.25) is 0 Å². The van der Waals surface area contributed by atoms with Gasteiger partial charge in [-0.05, 0) is 43.2 Å². The van der Waals surface area contributed by atoms with Gasteiger partial charge in [0.25, 0.3) is 0 Å². The number of benzene rings is 1. The summed E-state index contributed by atoms with van der Waals surface area (Å²) in [5.74, 6) is 0.789. The standard InChI is InChI=1S/C18H24N2O4/c1-2-3-11-24-16-6-4-15(5-7-16)20-18(22)19-10-8-17(21)14-9-12-23-13-14/h4-7,9,12-13,17,21H,2-3,8,10-11H2,1H3,(H2,19,20,22)/t17-/m0/s1. The second-order valence-electron chi connectivity index (χ2n) is 5.47. The van der Waals surface area contributed by atoms with Crippen LogP contribution >= 0.6 is 0 Å². The van der Waals surface area contributed by atoms with Gasteiger partial charge in [0.15, 0.2) is 0 Å². The molecule has 6 heteroatoms. The van der Waals surface area contributed by atoms with E-state index in [1.54, 1.807) is 18.2 Å². The van der Waals surface area contributed by atoms with Gasteiger partial charge in [-0.15, -0.1) is 0 Å². The van der Waals surface area contributed by atoms with Crippen LogP contribution in [-0.4, -0.2) is 24.3 Å². The molecule has 1 atom stereocenters. The summed E-state index contributed by atoms with van der Waals surface area (Å²) in [6, 6.07) is 8.63. The molecule has 0 spiro atoms. The number of anilines is 1. The van der Waals surface area contributed by atoms with Crippen LogP contribution in [0.25, 0.3) is 0 Å². The van der Waals surface area contributed by atoms with Gasteiger partial charge in [-0.2, -0.15) is 0 Å². The lowest BCUT2D eigenvalue weighted by Crippen LogP contribution is -2.30. The average Bonchev–Trinajstić information content (AvgIpc) is 3.11. The minimum absolute atomic E-state index is 0.311. The first-order valence-corrected chi connectivity index (χ1v) is 8.17. The number of hydrogen-bond acceptors (Lipinski definition) is 4. The van der Waals surface area contributed by atoms with Crippen molar-refractivity contribution >= 4 is 11.7 Å². The van der Waals surface area contributed by atoms with E-state index in [2.05, 4.69) is 17.6 Å². The van der Waals surface area contributed by atoms with Crippen molar-refractivity contribution in [1.82, 2.24) is 5.32 Å². The van der Waals surface area contributed by atoms with E-state index in [0.29, 0.717) is 30.8 Å². The highest BCUT2D eigenvalue weighted by molar-refractivity contribution is 5.89. The summed E-state index contributed by atoms with van der Waals surface area (Å²) < 4.78 is 10.5. The molecular weight excluding hydrogens is 308 g/mol. The van der Waals surface area contributed by atoms with Crippen molar-refractivity contribution in [2.24, 2.45) is 0 Å². The first-order valence-electron chi connectivity index (χ1n) is 8.17. The smallest absolute Gasteiger partial charge is 0.319 e. The summed E-state index contributed by atoms with van der Waals surface area (Å²) in [4.78, 5) is 11.8. The molecule has 130 valence electrons. The third kappa shape index (κ3) is 5.96. The molecule has 1 aromatic heterocycles. The number of furan rings is 1. The van der Waals surface area contributed by atoms with Crippen molar-refractivity contribution in [2.75, 3.05) is 18.5 Å². The largest absolute Gasteiger partial charge is 0.494 e. The van der Waals surface area contributed by atoms with Gasteiger partial charge in [0.1, 0.15) is 5.75 Å². The van der Waals surface area contributed by atoms with Crippen molar-refractivity contribution < 1.29 is 19.1 Å². The van der Waals surface area contributed by atoms with E-state index < -0.39 is 6.10 Å². The predicted octanol–water partition coefficient (Wildman–Crippen LogP) is 3.70. The SMILES string of the molecule is CCCCOc1ccc(NC(=O)NCC[C@H](O)c2ccoc2)cc1. The maximum Gasteiger partial charge on any atom is 0.319 e. The lowest BCUT2D eigenvalue weighted by molar-refractivity contribution is 0.166. The molecule has 1 aromatic carbocycles. The second-order valence-corrected chi connectivity index (χ2v) is 5.47. The number of aliphatic hydroxyl groups is 1. The zero-order valence-electron chi connectivity index (χ0n) is 13.8. The Morgan fingerprint density at radius 3 is 2.75 bits per heavy atom. The van der Waals surface area contributed by atoms with Crippen LogP contribution in [0.15, 0.2) is 47.3 Å². The van der Waals surface area contributed by atoms with Gasteiger partial charge < -0.3 is 24.9 Å². The second kappa shape index (κ2) is 9.62. The fraction of sp³-hybridized carbons (Fsp3) is 0.389. The van der Waals surface area contributed by atoms with Crippen molar-refractivity contribution in [3.8, 4) is 5.75 Å². The summed E-state index contributed by atoms with van der Waals surface area (Å²) in [7, 11) is 0. The van der Waals surface area contributed by atoms with Crippen LogP contribution in [0.3, 0.4) is 0 Å². The third-order valence-electron chi connectivity index (χ3n) is 3.51. The highest BCUT2D eigenvalue weighted by atomic mass is 16.5. The van der Waals surface area contributed by atoms with Gasteiger partial charge in [-0.25, -0.2) is 4.79 Å². The van der Waals surface area contributed by atoms with Crippen LogP contribution in [0.1, 0.15) is 37.9 Å². The van der Waals surface area contributed by atoms with Gasteiger partial charge in [0.05, 0.1) is 25.2 Å². The van der Waals surface area contributed by atoms with Crippen LogP contribution in [0.2, 0.25) is 0 Å². The van der Waals surface area contributed by atoms with E-state index in [4.69, 9.17) is 9.15 Å². The fourth-order valence-corrected chi connectivity index (χ4v) is 2.10. The maximum absolute atomic E-state index is 11.8. The molecule has 0 unspecified atom stereocenters. The quantitative estimate of drug-likeness (QED) is 0.611. The molecule has 0 radical (unpaired) electrons. The number of carbonyl (C=O) groups excluding carboxylic acids is 1. The van der Waals surface area contributed by atoms with Crippen LogP contribution in [-0.2, 0) is 0 Å². The number of urea groups is 1. The van der Waals surface area contributed by atoms with Gasteiger partial charge >= 0.3 is 6.03 Å². The summed E-state index contributed by atoms with van der Waals surface area (Å²) in [5, 5.41) is 15.3. The van der Waals surface area contributed by atoms with E-state index in [9.17, 15) is 9.90 Å². The number of carbonyl (C=O) groups is 1. The Hall–Kier alpha value is -2.47. The highest BCUT2D eigenvalue weighted by Gasteiger charge is 2.09. The number of nitrogens with one attached hydrogen (secondary N) is 2. The highest BCUT2D eigenvalue weighted by Crippen LogP contribution is 2.17. The average molecular weight is 332 g/mol. The van der Waals surface area contributed by atoms with Crippen molar-refractivity contribution in [1.29, 1.82) is 0 Å². The number of ether oxygens (including phenoxy) is 1.